The Bertz CT molecular complexity index is 429. The number of amides is 1. The van der Waals surface area contributed by atoms with Gasteiger partial charge in [0.15, 0.2) is 6.23 Å². The quantitative estimate of drug-likeness (QED) is 0.793. The fraction of sp³-hybridized carbons (Fsp3) is 0.250. The number of carbonyl (C=O) groups excluding carboxylic acids is 1. The molecule has 1 atom stereocenters. The van der Waals surface area contributed by atoms with Gasteiger partial charge in [0, 0.05) is 12.1 Å². The maximum atomic E-state index is 11.1. The number of carbonyl (C=O) groups is 1. The number of benzene rings is 1. The minimum Gasteiger partial charge on any atom is -0.344 e. The molecule has 0 saturated carbocycles. The maximum absolute atomic E-state index is 11.1. The SMILES string of the molecule is C=Cc1cccc(CN)c1C1NC(=O)CO1. The molecule has 4 nitrogen and oxygen atoms in total. The number of nitrogens with two attached hydrogens (primary N) is 1. The number of hydrogen-bond acceptors (Lipinski definition) is 3. The summed E-state index contributed by atoms with van der Waals surface area (Å²) in [7, 11) is 0. The van der Waals surface area contributed by atoms with Crippen LogP contribution in [-0.4, -0.2) is 12.5 Å². The lowest BCUT2D eigenvalue weighted by Gasteiger charge is -2.17. The third kappa shape index (κ3) is 1.85. The van der Waals surface area contributed by atoms with E-state index < -0.39 is 6.23 Å². The van der Waals surface area contributed by atoms with E-state index in [0.29, 0.717) is 6.54 Å². The Morgan fingerprint density at radius 2 is 2.44 bits per heavy atom. The monoisotopic (exact) mass is 218 g/mol. The van der Waals surface area contributed by atoms with E-state index in [-0.39, 0.29) is 12.5 Å². The first-order valence-electron chi connectivity index (χ1n) is 5.11. The van der Waals surface area contributed by atoms with Gasteiger partial charge in [-0.25, -0.2) is 0 Å². The summed E-state index contributed by atoms with van der Waals surface area (Å²) in [5.74, 6) is -0.105. The molecule has 0 aliphatic carbocycles. The molecule has 84 valence electrons. The normalized spacial score (nSPS) is 19.6. The fourth-order valence-electron chi connectivity index (χ4n) is 1.85. The first-order chi connectivity index (χ1) is 7.76. The molecule has 0 bridgehead atoms. The molecule has 1 aromatic carbocycles. The van der Waals surface area contributed by atoms with Gasteiger partial charge in [0.05, 0.1) is 0 Å². The minimum absolute atomic E-state index is 0.0974. The Kier molecular flexibility index (Phi) is 3.03. The predicted octanol–water partition coefficient (Wildman–Crippen LogP) is 0.933. The average molecular weight is 218 g/mol. The molecule has 1 heterocycles. The zero-order valence-corrected chi connectivity index (χ0v) is 8.90. The lowest BCUT2D eigenvalue weighted by Crippen LogP contribution is -2.22. The molecule has 1 aliphatic heterocycles. The molecule has 1 aliphatic rings. The summed E-state index contributed by atoms with van der Waals surface area (Å²) >= 11 is 0. The molecule has 1 aromatic rings. The van der Waals surface area contributed by atoms with Crippen LogP contribution in [0.3, 0.4) is 0 Å². The lowest BCUT2D eigenvalue weighted by atomic mass is 9.99. The van der Waals surface area contributed by atoms with Crippen molar-refractivity contribution in [2.75, 3.05) is 6.61 Å². The highest BCUT2D eigenvalue weighted by atomic mass is 16.5. The highest BCUT2D eigenvalue weighted by Crippen LogP contribution is 2.26. The van der Waals surface area contributed by atoms with Gasteiger partial charge in [-0.1, -0.05) is 30.9 Å². The molecular weight excluding hydrogens is 204 g/mol. The first-order valence-corrected chi connectivity index (χ1v) is 5.11. The second kappa shape index (κ2) is 4.47. The van der Waals surface area contributed by atoms with E-state index in [1.54, 1.807) is 6.08 Å². The topological polar surface area (TPSA) is 64.3 Å². The molecule has 4 heteroatoms. The maximum Gasteiger partial charge on any atom is 0.248 e. The van der Waals surface area contributed by atoms with Crippen molar-refractivity contribution in [1.29, 1.82) is 0 Å². The largest absolute Gasteiger partial charge is 0.344 e. The summed E-state index contributed by atoms with van der Waals surface area (Å²) in [4.78, 5) is 11.1. The Morgan fingerprint density at radius 3 is 3.00 bits per heavy atom. The van der Waals surface area contributed by atoms with Gasteiger partial charge >= 0.3 is 0 Å². The van der Waals surface area contributed by atoms with E-state index in [1.807, 2.05) is 18.2 Å². The van der Waals surface area contributed by atoms with E-state index in [0.717, 1.165) is 16.7 Å². The highest BCUT2D eigenvalue weighted by Gasteiger charge is 2.26. The molecule has 0 radical (unpaired) electrons. The third-order valence-electron chi connectivity index (χ3n) is 2.61. The van der Waals surface area contributed by atoms with Crippen molar-refractivity contribution in [1.82, 2.24) is 5.32 Å². The molecule has 1 saturated heterocycles. The van der Waals surface area contributed by atoms with Crippen molar-refractivity contribution in [2.24, 2.45) is 5.73 Å². The molecule has 1 fully saturated rings. The van der Waals surface area contributed by atoms with Crippen LogP contribution in [0, 0.1) is 0 Å². The molecule has 1 unspecified atom stereocenters. The van der Waals surface area contributed by atoms with Crippen LogP contribution in [0.4, 0.5) is 0 Å². The fourth-order valence-corrected chi connectivity index (χ4v) is 1.85. The summed E-state index contributed by atoms with van der Waals surface area (Å²) in [6.07, 6.45) is 1.34. The Hall–Kier alpha value is -1.65. The number of nitrogens with one attached hydrogen (secondary N) is 1. The van der Waals surface area contributed by atoms with Gasteiger partial charge < -0.3 is 15.8 Å². The van der Waals surface area contributed by atoms with Crippen LogP contribution < -0.4 is 11.1 Å². The Labute approximate surface area is 94.1 Å². The second-order valence-corrected chi connectivity index (χ2v) is 3.59. The van der Waals surface area contributed by atoms with Crippen LogP contribution in [0.15, 0.2) is 24.8 Å². The van der Waals surface area contributed by atoms with Crippen LogP contribution in [0.2, 0.25) is 0 Å². The highest BCUT2D eigenvalue weighted by molar-refractivity contribution is 5.79. The lowest BCUT2D eigenvalue weighted by molar-refractivity contribution is -0.119. The molecule has 3 N–H and O–H groups in total. The van der Waals surface area contributed by atoms with Gasteiger partial charge in [-0.3, -0.25) is 4.79 Å². The average Bonchev–Trinajstić information content (AvgIpc) is 2.74. The van der Waals surface area contributed by atoms with Crippen molar-refractivity contribution < 1.29 is 9.53 Å². The van der Waals surface area contributed by atoms with E-state index in [1.165, 1.54) is 0 Å². The van der Waals surface area contributed by atoms with Crippen molar-refractivity contribution in [2.45, 2.75) is 12.8 Å². The standard InChI is InChI=1S/C12H14N2O2/c1-2-8-4-3-5-9(6-13)11(8)12-14-10(15)7-16-12/h2-5,12H,1,6-7,13H2,(H,14,15). The van der Waals surface area contributed by atoms with E-state index in [4.69, 9.17) is 10.5 Å². The molecule has 0 spiro atoms. The Balaban J connectivity index is 2.44. The van der Waals surface area contributed by atoms with Crippen molar-refractivity contribution in [3.63, 3.8) is 0 Å². The van der Waals surface area contributed by atoms with E-state index >= 15 is 0 Å². The predicted molar refractivity (Wildman–Crippen MR) is 61.3 cm³/mol. The minimum atomic E-state index is -0.403. The first kappa shape index (κ1) is 10.9. The summed E-state index contributed by atoms with van der Waals surface area (Å²) in [6.45, 7) is 4.26. The van der Waals surface area contributed by atoms with Gasteiger partial charge in [0.25, 0.3) is 0 Å². The number of hydrogen-bond donors (Lipinski definition) is 2. The van der Waals surface area contributed by atoms with Gasteiger partial charge in [-0.2, -0.15) is 0 Å². The Morgan fingerprint density at radius 1 is 1.62 bits per heavy atom. The van der Waals surface area contributed by atoms with Gasteiger partial charge in [-0.15, -0.1) is 0 Å². The van der Waals surface area contributed by atoms with Gasteiger partial charge in [0.1, 0.15) is 6.61 Å². The molecule has 0 aromatic heterocycles. The van der Waals surface area contributed by atoms with Crippen LogP contribution in [0.1, 0.15) is 22.9 Å². The van der Waals surface area contributed by atoms with Crippen molar-refractivity contribution in [3.05, 3.63) is 41.5 Å². The summed E-state index contributed by atoms with van der Waals surface area (Å²) in [5, 5.41) is 2.76. The number of rotatable bonds is 3. The molecule has 2 rings (SSSR count). The van der Waals surface area contributed by atoms with Crippen molar-refractivity contribution in [3.8, 4) is 0 Å². The molecular formula is C12H14N2O2. The van der Waals surface area contributed by atoms with Crippen LogP contribution in [0.5, 0.6) is 0 Å². The van der Waals surface area contributed by atoms with Crippen LogP contribution >= 0.6 is 0 Å². The summed E-state index contributed by atoms with van der Waals surface area (Å²) < 4.78 is 5.37. The zero-order chi connectivity index (χ0) is 11.5. The van der Waals surface area contributed by atoms with Crippen molar-refractivity contribution >= 4 is 12.0 Å². The second-order valence-electron chi connectivity index (χ2n) is 3.59. The molecule has 16 heavy (non-hydrogen) atoms. The third-order valence-corrected chi connectivity index (χ3v) is 2.61. The van der Waals surface area contributed by atoms with Gasteiger partial charge in [-0.05, 0) is 11.1 Å². The van der Waals surface area contributed by atoms with Crippen LogP contribution in [0.25, 0.3) is 6.08 Å². The van der Waals surface area contributed by atoms with Crippen LogP contribution in [-0.2, 0) is 16.1 Å². The van der Waals surface area contributed by atoms with Gasteiger partial charge in [0.2, 0.25) is 5.91 Å². The molecule has 1 amide bonds. The van der Waals surface area contributed by atoms with E-state index in [9.17, 15) is 4.79 Å². The smallest absolute Gasteiger partial charge is 0.248 e. The zero-order valence-electron chi connectivity index (χ0n) is 8.90. The van der Waals surface area contributed by atoms with E-state index in [2.05, 4.69) is 11.9 Å². The summed E-state index contributed by atoms with van der Waals surface area (Å²) in [5.41, 5.74) is 8.48. The number of ether oxygens (including phenoxy) is 1. The summed E-state index contributed by atoms with van der Waals surface area (Å²) in [6, 6.07) is 5.77.